The van der Waals surface area contributed by atoms with Gasteiger partial charge in [-0.15, -0.1) is 10.2 Å². The lowest BCUT2D eigenvalue weighted by Gasteiger charge is -2.45. The summed E-state index contributed by atoms with van der Waals surface area (Å²) in [4.78, 5) is 32.0. The molecule has 6 rings (SSSR count). The topological polar surface area (TPSA) is 123 Å². The van der Waals surface area contributed by atoms with Crippen LogP contribution in [0.25, 0.3) is 0 Å². The number of amides is 3. The summed E-state index contributed by atoms with van der Waals surface area (Å²) in [5, 5.41) is 26.3. The molecule has 3 aromatic carbocycles. The number of rotatable bonds is 7. The van der Waals surface area contributed by atoms with E-state index in [1.54, 1.807) is 71.6 Å². The van der Waals surface area contributed by atoms with Crippen LogP contribution in [-0.2, 0) is 4.79 Å². The lowest BCUT2D eigenvalue weighted by molar-refractivity contribution is -0.122. The second-order valence-electron chi connectivity index (χ2n) is 10.5. The van der Waals surface area contributed by atoms with Crippen LogP contribution < -0.4 is 15.2 Å². The molecule has 2 heterocycles. The van der Waals surface area contributed by atoms with Gasteiger partial charge in [0, 0.05) is 23.5 Å². The van der Waals surface area contributed by atoms with E-state index in [-0.39, 0.29) is 11.3 Å². The lowest BCUT2D eigenvalue weighted by Crippen LogP contribution is -2.59. The first kappa shape index (κ1) is 27.5. The van der Waals surface area contributed by atoms with Crippen molar-refractivity contribution in [3.05, 3.63) is 107 Å². The Balaban J connectivity index is 1.50. The zero-order valence-corrected chi connectivity index (χ0v) is 22.8. The van der Waals surface area contributed by atoms with Gasteiger partial charge in [0.2, 0.25) is 0 Å². The quantitative estimate of drug-likeness (QED) is 0.338. The number of carbonyl (C=O) groups excluding carboxylic acids is 2. The summed E-state index contributed by atoms with van der Waals surface area (Å²) in [6.45, 7) is 0.351. The van der Waals surface area contributed by atoms with Crippen molar-refractivity contribution in [2.75, 3.05) is 21.8 Å². The first-order valence-corrected chi connectivity index (χ1v) is 14.0. The molecule has 11 nitrogen and oxygen atoms in total. The fourth-order valence-corrected chi connectivity index (χ4v) is 5.99. The van der Waals surface area contributed by atoms with Crippen molar-refractivity contribution in [1.82, 2.24) is 25.4 Å². The van der Waals surface area contributed by atoms with Crippen LogP contribution in [0.2, 0.25) is 0 Å². The maximum Gasteiger partial charge on any atom is 0.345 e. The average Bonchev–Trinajstić information content (AvgIpc) is 3.71. The Labute approximate surface area is 242 Å². The van der Waals surface area contributed by atoms with Gasteiger partial charge < -0.3 is 15.2 Å². The summed E-state index contributed by atoms with van der Waals surface area (Å²) in [7, 11) is 0. The monoisotopic (exact) mass is 569 g/mol. The Morgan fingerprint density at radius 2 is 1.67 bits per heavy atom. The Bertz CT molecular complexity index is 1530. The Hall–Kier alpha value is -4.68. The summed E-state index contributed by atoms with van der Waals surface area (Å²) in [6, 6.07) is 19.4. The standard InChI is InChI=1S/C30H30FN8O3/c31-25-16-8-6-14-23(25)27-24-15-7-9-17-26(24)36(19-18-21-10-4-5-11-21)29(40)28(38(27)42)37(22-12-2-1-3-13-22)30(41)34-39-33-20-32-35-39/h1-3,6-9,12-17,20-21,27-28H,4-5,10-11,18-19H2,(H,34,41)/q-1. The fraction of sp³-hybridized carbons (Fsp3) is 0.300. The molecule has 1 N–H and O–H groups in total. The Kier molecular flexibility index (Phi) is 7.89. The highest BCUT2D eigenvalue weighted by Crippen LogP contribution is 2.42. The number of tetrazole rings is 1. The first-order chi connectivity index (χ1) is 20.5. The van der Waals surface area contributed by atoms with Gasteiger partial charge in [0.1, 0.15) is 5.82 Å². The number of halogens is 1. The summed E-state index contributed by atoms with van der Waals surface area (Å²) in [5.74, 6) is -0.726. The molecular weight excluding hydrogens is 539 g/mol. The molecular formula is C30H30FN8O3-. The zero-order valence-electron chi connectivity index (χ0n) is 22.8. The lowest BCUT2D eigenvalue weighted by atomic mass is 9.96. The highest BCUT2D eigenvalue weighted by atomic mass is 19.1. The minimum atomic E-state index is -1.70. The van der Waals surface area contributed by atoms with Crippen molar-refractivity contribution < 1.29 is 14.0 Å². The van der Waals surface area contributed by atoms with Gasteiger partial charge in [-0.2, -0.15) is 0 Å². The van der Waals surface area contributed by atoms with Crippen LogP contribution in [0.3, 0.4) is 0 Å². The van der Waals surface area contributed by atoms with Crippen LogP contribution in [0.5, 0.6) is 0 Å². The Morgan fingerprint density at radius 3 is 2.38 bits per heavy atom. The number of urea groups is 1. The van der Waals surface area contributed by atoms with Gasteiger partial charge in [0.25, 0.3) is 5.91 Å². The van der Waals surface area contributed by atoms with E-state index in [0.29, 0.717) is 28.8 Å². The Morgan fingerprint density at radius 1 is 0.976 bits per heavy atom. The second-order valence-corrected chi connectivity index (χ2v) is 10.5. The van der Waals surface area contributed by atoms with E-state index in [1.807, 2.05) is 0 Å². The molecule has 2 aliphatic rings. The summed E-state index contributed by atoms with van der Waals surface area (Å²) >= 11 is 0. The smallest absolute Gasteiger partial charge is 0.345 e. The van der Waals surface area contributed by atoms with Crippen LogP contribution in [-0.4, -0.2) is 50.0 Å². The highest BCUT2D eigenvalue weighted by molar-refractivity contribution is 6.08. The zero-order chi connectivity index (χ0) is 29.1. The van der Waals surface area contributed by atoms with E-state index in [2.05, 4.69) is 20.8 Å². The van der Waals surface area contributed by atoms with Crippen LogP contribution in [0, 0.1) is 16.9 Å². The number of para-hydroxylation sites is 2. The minimum Gasteiger partial charge on any atom is -0.783 e. The molecule has 0 bridgehead atoms. The molecule has 0 radical (unpaired) electrons. The molecule has 12 heteroatoms. The van der Waals surface area contributed by atoms with Crippen molar-refractivity contribution in [3.8, 4) is 0 Å². The molecule has 216 valence electrons. The third kappa shape index (κ3) is 5.33. The first-order valence-electron chi connectivity index (χ1n) is 14.0. The third-order valence-electron chi connectivity index (χ3n) is 7.98. The van der Waals surface area contributed by atoms with Crippen LogP contribution in [0.15, 0.2) is 85.2 Å². The second kappa shape index (κ2) is 12.0. The highest BCUT2D eigenvalue weighted by Gasteiger charge is 2.43. The van der Waals surface area contributed by atoms with E-state index < -0.39 is 30.0 Å². The maximum absolute atomic E-state index is 15.4. The molecule has 2 atom stereocenters. The molecule has 1 aromatic heterocycles. The van der Waals surface area contributed by atoms with E-state index in [9.17, 15) is 14.8 Å². The number of benzene rings is 3. The largest absolute Gasteiger partial charge is 0.783 e. The predicted molar refractivity (Wildman–Crippen MR) is 154 cm³/mol. The van der Waals surface area contributed by atoms with Gasteiger partial charge in [-0.05, 0) is 47.4 Å². The number of hydroxylamine groups is 2. The van der Waals surface area contributed by atoms with E-state index >= 15 is 4.39 Å². The minimum absolute atomic E-state index is 0.0988. The van der Waals surface area contributed by atoms with Gasteiger partial charge in [-0.1, -0.05) is 85.2 Å². The number of anilines is 2. The van der Waals surface area contributed by atoms with Crippen LogP contribution >= 0.6 is 0 Å². The van der Waals surface area contributed by atoms with Gasteiger partial charge >= 0.3 is 6.03 Å². The van der Waals surface area contributed by atoms with Crippen molar-refractivity contribution in [2.45, 2.75) is 44.3 Å². The molecule has 1 fully saturated rings. The van der Waals surface area contributed by atoms with E-state index in [4.69, 9.17) is 0 Å². The normalized spacial score (nSPS) is 19.4. The number of hydrogen-bond donors (Lipinski definition) is 1. The molecule has 0 spiro atoms. The maximum atomic E-state index is 15.4. The van der Waals surface area contributed by atoms with Crippen LogP contribution in [0.1, 0.15) is 49.3 Å². The van der Waals surface area contributed by atoms with Crippen molar-refractivity contribution in [1.29, 1.82) is 0 Å². The summed E-state index contributed by atoms with van der Waals surface area (Å²) in [6.07, 6.45) is 4.66. The fourth-order valence-electron chi connectivity index (χ4n) is 5.99. The number of hydrogen-bond acceptors (Lipinski definition) is 7. The van der Waals surface area contributed by atoms with Crippen LogP contribution in [0.4, 0.5) is 20.6 Å². The molecule has 1 saturated carbocycles. The van der Waals surface area contributed by atoms with Crippen molar-refractivity contribution in [2.24, 2.45) is 5.92 Å². The van der Waals surface area contributed by atoms with Gasteiger partial charge in [0.05, 0.1) is 6.04 Å². The van der Waals surface area contributed by atoms with Gasteiger partial charge in [-0.25, -0.2) is 14.6 Å². The third-order valence-corrected chi connectivity index (χ3v) is 7.98. The summed E-state index contributed by atoms with van der Waals surface area (Å²) in [5.41, 5.74) is 3.84. The molecule has 3 amide bonds. The number of carbonyl (C=O) groups is 2. The molecule has 42 heavy (non-hydrogen) atoms. The SMILES string of the molecule is O=C1C(N(C(=O)Nn2ncnn2)c2ccccc2)N([O-])C(c2ccccc2F)c2ccccc2N1CCC1CCCC1. The summed E-state index contributed by atoms with van der Waals surface area (Å²) < 4.78 is 15.4. The molecule has 1 aliphatic carbocycles. The molecule has 0 saturated heterocycles. The number of nitrogens with one attached hydrogen (secondary N) is 1. The molecule has 2 unspecified atom stereocenters. The number of nitrogens with zero attached hydrogens (tertiary/aromatic N) is 7. The van der Waals surface area contributed by atoms with Gasteiger partial charge in [-0.3, -0.25) is 9.69 Å². The molecule has 1 aliphatic heterocycles. The van der Waals surface area contributed by atoms with Crippen molar-refractivity contribution >= 4 is 23.3 Å². The van der Waals surface area contributed by atoms with Gasteiger partial charge in [0.15, 0.2) is 12.5 Å². The number of aromatic nitrogens is 4. The average molecular weight is 570 g/mol. The predicted octanol–water partition coefficient (Wildman–Crippen LogP) is 4.82. The molecule has 4 aromatic rings. The van der Waals surface area contributed by atoms with E-state index in [0.717, 1.165) is 48.2 Å². The van der Waals surface area contributed by atoms with Crippen molar-refractivity contribution in [3.63, 3.8) is 0 Å². The van der Waals surface area contributed by atoms with E-state index in [1.165, 1.54) is 12.1 Å². The number of fused-ring (bicyclic) bond motifs is 1.